The Hall–Kier alpha value is -0.430. The van der Waals surface area contributed by atoms with Crippen molar-refractivity contribution < 1.29 is 14.6 Å². The molecule has 0 aromatic heterocycles. The van der Waals surface area contributed by atoms with Crippen LogP contribution in [0.5, 0.6) is 0 Å². The van der Waals surface area contributed by atoms with Crippen LogP contribution in [0.1, 0.15) is 23.7 Å². The molecule has 1 aliphatic rings. The van der Waals surface area contributed by atoms with E-state index in [0.717, 1.165) is 8.95 Å². The van der Waals surface area contributed by atoms with Gasteiger partial charge in [-0.1, -0.05) is 15.9 Å². The minimum absolute atomic E-state index is 0.186. The topological polar surface area (TPSA) is 58.6 Å². The van der Waals surface area contributed by atoms with Crippen molar-refractivity contribution in [3.05, 3.63) is 32.7 Å². The predicted octanol–water partition coefficient (Wildman–Crippen LogP) is 2.48. The lowest BCUT2D eigenvalue weighted by Crippen LogP contribution is -2.47. The van der Waals surface area contributed by atoms with Gasteiger partial charge >= 0.3 is 0 Å². The third-order valence-electron chi connectivity index (χ3n) is 3.39. The van der Waals surface area contributed by atoms with E-state index in [9.17, 15) is 9.90 Å². The SMILES string of the molecule is CC1OCCC1(O)CNC(=O)c1cc(Br)ccc1Br. The van der Waals surface area contributed by atoms with Crippen LogP contribution in [-0.2, 0) is 4.74 Å². The van der Waals surface area contributed by atoms with Gasteiger partial charge < -0.3 is 15.2 Å². The molecular weight excluding hydrogens is 378 g/mol. The van der Waals surface area contributed by atoms with E-state index in [1.807, 2.05) is 13.0 Å². The largest absolute Gasteiger partial charge is 0.385 e. The smallest absolute Gasteiger partial charge is 0.252 e. The summed E-state index contributed by atoms with van der Waals surface area (Å²) in [6, 6.07) is 5.38. The van der Waals surface area contributed by atoms with E-state index < -0.39 is 5.60 Å². The van der Waals surface area contributed by atoms with Gasteiger partial charge in [-0.25, -0.2) is 0 Å². The summed E-state index contributed by atoms with van der Waals surface area (Å²) in [5.41, 5.74) is -0.446. The normalized spacial score (nSPS) is 26.4. The minimum atomic E-state index is -0.978. The Morgan fingerprint density at radius 3 is 2.95 bits per heavy atom. The van der Waals surface area contributed by atoms with Gasteiger partial charge in [0.1, 0.15) is 5.60 Å². The summed E-state index contributed by atoms with van der Waals surface area (Å²) in [6.07, 6.45) is 0.271. The molecule has 1 aromatic carbocycles. The van der Waals surface area contributed by atoms with E-state index in [1.54, 1.807) is 12.1 Å². The molecule has 0 radical (unpaired) electrons. The summed E-state index contributed by atoms with van der Waals surface area (Å²) in [7, 11) is 0. The van der Waals surface area contributed by atoms with E-state index in [1.165, 1.54) is 0 Å². The van der Waals surface area contributed by atoms with Crippen molar-refractivity contribution in [1.29, 1.82) is 0 Å². The molecule has 1 heterocycles. The van der Waals surface area contributed by atoms with Crippen LogP contribution in [0.25, 0.3) is 0 Å². The maximum Gasteiger partial charge on any atom is 0.252 e. The molecule has 1 fully saturated rings. The highest BCUT2D eigenvalue weighted by Crippen LogP contribution is 2.25. The van der Waals surface area contributed by atoms with Gasteiger partial charge in [0.15, 0.2) is 0 Å². The third kappa shape index (κ3) is 3.37. The van der Waals surface area contributed by atoms with Gasteiger partial charge in [0.2, 0.25) is 0 Å². The Bertz CT molecular complexity index is 495. The first kappa shape index (κ1) is 15.0. The van der Waals surface area contributed by atoms with Crippen molar-refractivity contribution in [3.63, 3.8) is 0 Å². The maximum atomic E-state index is 12.1. The van der Waals surface area contributed by atoms with Gasteiger partial charge in [-0.3, -0.25) is 4.79 Å². The van der Waals surface area contributed by atoms with Crippen molar-refractivity contribution in [2.24, 2.45) is 0 Å². The number of benzene rings is 1. The van der Waals surface area contributed by atoms with E-state index in [-0.39, 0.29) is 18.6 Å². The molecule has 2 atom stereocenters. The fraction of sp³-hybridized carbons (Fsp3) is 0.462. The lowest BCUT2D eigenvalue weighted by Gasteiger charge is -2.26. The highest BCUT2D eigenvalue weighted by Gasteiger charge is 2.39. The summed E-state index contributed by atoms with van der Waals surface area (Å²) < 4.78 is 6.88. The van der Waals surface area contributed by atoms with Crippen LogP contribution in [0.15, 0.2) is 27.1 Å². The number of carbonyl (C=O) groups excluding carboxylic acids is 1. The molecule has 0 aliphatic carbocycles. The fourth-order valence-corrected chi connectivity index (χ4v) is 2.79. The number of carbonyl (C=O) groups is 1. The number of rotatable bonds is 3. The number of halogens is 2. The van der Waals surface area contributed by atoms with E-state index in [2.05, 4.69) is 37.2 Å². The van der Waals surface area contributed by atoms with Crippen molar-refractivity contribution in [2.45, 2.75) is 25.0 Å². The van der Waals surface area contributed by atoms with E-state index in [4.69, 9.17) is 4.74 Å². The average molecular weight is 393 g/mol. The Morgan fingerprint density at radius 2 is 2.32 bits per heavy atom. The molecule has 1 aromatic rings. The molecular formula is C13H15Br2NO3. The number of ether oxygens (including phenoxy) is 1. The Morgan fingerprint density at radius 1 is 1.58 bits per heavy atom. The van der Waals surface area contributed by atoms with Crippen molar-refractivity contribution in [3.8, 4) is 0 Å². The van der Waals surface area contributed by atoms with Crippen LogP contribution < -0.4 is 5.32 Å². The quantitative estimate of drug-likeness (QED) is 0.830. The molecule has 0 spiro atoms. The van der Waals surface area contributed by atoms with Gasteiger partial charge in [0.05, 0.1) is 11.7 Å². The zero-order valence-electron chi connectivity index (χ0n) is 10.5. The van der Waals surface area contributed by atoms with E-state index >= 15 is 0 Å². The summed E-state index contributed by atoms with van der Waals surface area (Å²) in [5.74, 6) is -0.222. The van der Waals surface area contributed by atoms with Crippen molar-refractivity contribution in [1.82, 2.24) is 5.32 Å². The average Bonchev–Trinajstić information content (AvgIpc) is 2.70. The van der Waals surface area contributed by atoms with Crippen LogP contribution in [-0.4, -0.2) is 35.9 Å². The number of hydrogen-bond donors (Lipinski definition) is 2. The Balaban J connectivity index is 2.03. The first-order valence-corrected chi connectivity index (χ1v) is 7.58. The summed E-state index contributed by atoms with van der Waals surface area (Å²) in [6.45, 7) is 2.52. The second-order valence-electron chi connectivity index (χ2n) is 4.67. The van der Waals surface area contributed by atoms with Crippen LogP contribution >= 0.6 is 31.9 Å². The molecule has 1 saturated heterocycles. The van der Waals surface area contributed by atoms with Gasteiger partial charge in [0.25, 0.3) is 5.91 Å². The van der Waals surface area contributed by atoms with Gasteiger partial charge in [-0.2, -0.15) is 0 Å². The first-order valence-electron chi connectivity index (χ1n) is 5.99. The number of hydrogen-bond acceptors (Lipinski definition) is 3. The lowest BCUT2D eigenvalue weighted by molar-refractivity contribution is -0.0251. The third-order valence-corrected chi connectivity index (χ3v) is 4.57. The Labute approximate surface area is 128 Å². The highest BCUT2D eigenvalue weighted by atomic mass is 79.9. The molecule has 2 unspecified atom stereocenters. The standard InChI is InChI=1S/C13H15Br2NO3/c1-8-13(18,4-5-19-8)7-16-12(17)10-6-9(14)2-3-11(10)15/h2-3,6,8,18H,4-5,7H2,1H3,(H,16,17). The summed E-state index contributed by atoms with van der Waals surface area (Å²) in [5, 5.41) is 13.1. The molecule has 0 saturated carbocycles. The van der Waals surface area contributed by atoms with Crippen molar-refractivity contribution in [2.75, 3.05) is 13.2 Å². The number of amides is 1. The molecule has 1 amide bonds. The van der Waals surface area contributed by atoms with Crippen LogP contribution in [0.4, 0.5) is 0 Å². The lowest BCUT2D eigenvalue weighted by atomic mass is 9.96. The minimum Gasteiger partial charge on any atom is -0.385 e. The van der Waals surface area contributed by atoms with E-state index in [0.29, 0.717) is 18.6 Å². The highest BCUT2D eigenvalue weighted by molar-refractivity contribution is 9.11. The fourth-order valence-electron chi connectivity index (χ4n) is 2.00. The molecule has 1 aliphatic heterocycles. The van der Waals surface area contributed by atoms with Gasteiger partial charge in [-0.15, -0.1) is 0 Å². The first-order chi connectivity index (χ1) is 8.92. The Kier molecular flexibility index (Phi) is 4.66. The zero-order chi connectivity index (χ0) is 14.0. The maximum absolute atomic E-state index is 12.1. The molecule has 6 heteroatoms. The zero-order valence-corrected chi connectivity index (χ0v) is 13.6. The molecule has 104 valence electrons. The number of aliphatic hydroxyl groups is 1. The van der Waals surface area contributed by atoms with Crippen LogP contribution in [0.2, 0.25) is 0 Å². The predicted molar refractivity (Wildman–Crippen MR) is 79.2 cm³/mol. The monoisotopic (exact) mass is 391 g/mol. The van der Waals surface area contributed by atoms with Crippen molar-refractivity contribution >= 4 is 37.8 Å². The second kappa shape index (κ2) is 5.91. The molecule has 0 bridgehead atoms. The summed E-state index contributed by atoms with van der Waals surface area (Å²) >= 11 is 6.67. The molecule has 4 nitrogen and oxygen atoms in total. The molecule has 2 N–H and O–H groups in total. The van der Waals surface area contributed by atoms with Gasteiger partial charge in [0, 0.05) is 28.5 Å². The van der Waals surface area contributed by atoms with Gasteiger partial charge in [-0.05, 0) is 41.1 Å². The van der Waals surface area contributed by atoms with Crippen LogP contribution in [0, 0.1) is 0 Å². The second-order valence-corrected chi connectivity index (χ2v) is 6.44. The summed E-state index contributed by atoms with van der Waals surface area (Å²) in [4.78, 5) is 12.1. The molecule has 19 heavy (non-hydrogen) atoms. The molecule has 2 rings (SSSR count). The number of nitrogens with one attached hydrogen (secondary N) is 1. The van der Waals surface area contributed by atoms with Crippen LogP contribution in [0.3, 0.4) is 0 Å².